The van der Waals surface area contributed by atoms with Crippen molar-refractivity contribution in [1.29, 1.82) is 0 Å². The zero-order valence-corrected chi connectivity index (χ0v) is 7.60. The summed E-state index contributed by atoms with van der Waals surface area (Å²) in [6.45, 7) is 0. The van der Waals surface area contributed by atoms with Gasteiger partial charge < -0.3 is 15.0 Å². The summed E-state index contributed by atoms with van der Waals surface area (Å²) in [5, 5.41) is 3.52. The lowest BCUT2D eigenvalue weighted by atomic mass is 10.2. The zero-order valence-electron chi connectivity index (χ0n) is 7.60. The van der Waals surface area contributed by atoms with Crippen LogP contribution in [0.4, 0.5) is 5.69 Å². The van der Waals surface area contributed by atoms with Gasteiger partial charge in [0.15, 0.2) is 6.33 Å². The maximum absolute atomic E-state index is 5.61. The third-order valence-corrected chi connectivity index (χ3v) is 1.82. The number of aromatic nitrogens is 2. The lowest BCUT2D eigenvalue weighted by molar-refractivity contribution is 0.405. The molecule has 2 rings (SSSR count). The van der Waals surface area contributed by atoms with Gasteiger partial charge in [-0.05, 0) is 12.1 Å². The van der Waals surface area contributed by atoms with E-state index in [1.54, 1.807) is 25.3 Å². The molecule has 1 aromatic heterocycles. The number of nitrogen functional groups attached to an aromatic ring is 1. The zero-order chi connectivity index (χ0) is 9.97. The third kappa shape index (κ3) is 1.39. The van der Waals surface area contributed by atoms with E-state index in [1.165, 1.54) is 6.33 Å². The van der Waals surface area contributed by atoms with Gasteiger partial charge in [-0.3, -0.25) is 0 Å². The Balaban J connectivity index is 2.53. The molecular formula is C9H9N3O2. The van der Waals surface area contributed by atoms with E-state index in [-0.39, 0.29) is 0 Å². The smallest absolute Gasteiger partial charge is 0.261 e. The molecule has 0 aliphatic heterocycles. The van der Waals surface area contributed by atoms with Gasteiger partial charge in [0.1, 0.15) is 5.75 Å². The van der Waals surface area contributed by atoms with Gasteiger partial charge in [-0.25, -0.2) is 0 Å². The van der Waals surface area contributed by atoms with Crippen LogP contribution in [-0.2, 0) is 0 Å². The molecule has 14 heavy (non-hydrogen) atoms. The highest BCUT2D eigenvalue weighted by atomic mass is 16.5. The summed E-state index contributed by atoms with van der Waals surface area (Å²) < 4.78 is 10.1. The number of anilines is 1. The van der Waals surface area contributed by atoms with Crippen molar-refractivity contribution < 1.29 is 9.26 Å². The Bertz CT molecular complexity index is 426. The van der Waals surface area contributed by atoms with Crippen LogP contribution < -0.4 is 10.5 Å². The average Bonchev–Trinajstić information content (AvgIpc) is 2.70. The summed E-state index contributed by atoms with van der Waals surface area (Å²) in [6.07, 6.45) is 1.34. The summed E-state index contributed by atoms with van der Waals surface area (Å²) in [5.74, 6) is 1.04. The summed E-state index contributed by atoms with van der Waals surface area (Å²) in [7, 11) is 1.56. The molecule has 5 heteroatoms. The summed E-state index contributed by atoms with van der Waals surface area (Å²) in [6, 6.07) is 5.24. The first-order valence-corrected chi connectivity index (χ1v) is 4.02. The van der Waals surface area contributed by atoms with E-state index in [0.717, 1.165) is 5.56 Å². The lowest BCUT2D eigenvalue weighted by Crippen LogP contribution is -1.91. The Morgan fingerprint density at radius 1 is 1.43 bits per heavy atom. The molecule has 0 spiro atoms. The van der Waals surface area contributed by atoms with Crippen LogP contribution >= 0.6 is 0 Å². The molecule has 0 saturated heterocycles. The molecule has 0 saturated carbocycles. The topological polar surface area (TPSA) is 74.2 Å². The molecule has 0 amide bonds. The number of hydrogen-bond donors (Lipinski definition) is 1. The number of nitrogens with zero attached hydrogens (tertiary/aromatic N) is 2. The molecule has 1 heterocycles. The number of hydrogen-bond acceptors (Lipinski definition) is 5. The summed E-state index contributed by atoms with van der Waals surface area (Å²) in [5.41, 5.74) is 6.97. The van der Waals surface area contributed by atoms with Crippen molar-refractivity contribution in [2.24, 2.45) is 0 Å². The highest BCUT2D eigenvalue weighted by molar-refractivity contribution is 5.66. The molecular weight excluding hydrogens is 182 g/mol. The van der Waals surface area contributed by atoms with Gasteiger partial charge in [0, 0.05) is 11.8 Å². The van der Waals surface area contributed by atoms with Crippen LogP contribution in [0.5, 0.6) is 5.75 Å². The normalized spacial score (nSPS) is 10.1. The fourth-order valence-electron chi connectivity index (χ4n) is 1.18. The van der Waals surface area contributed by atoms with E-state index in [1.807, 2.05) is 0 Å². The minimum Gasteiger partial charge on any atom is -0.496 e. The van der Waals surface area contributed by atoms with Crippen LogP contribution in [0.3, 0.4) is 0 Å². The molecule has 2 aromatic rings. The Labute approximate surface area is 80.5 Å². The molecule has 0 aliphatic carbocycles. The van der Waals surface area contributed by atoms with E-state index < -0.39 is 0 Å². The third-order valence-electron chi connectivity index (χ3n) is 1.82. The van der Waals surface area contributed by atoms with E-state index >= 15 is 0 Å². The molecule has 0 unspecified atom stereocenters. The van der Waals surface area contributed by atoms with Crippen LogP contribution in [0, 0.1) is 0 Å². The van der Waals surface area contributed by atoms with Gasteiger partial charge in [-0.15, -0.1) is 0 Å². The van der Waals surface area contributed by atoms with Gasteiger partial charge in [0.05, 0.1) is 12.7 Å². The van der Waals surface area contributed by atoms with Crippen molar-refractivity contribution in [3.05, 3.63) is 24.5 Å². The van der Waals surface area contributed by atoms with Crippen LogP contribution in [0.2, 0.25) is 0 Å². The van der Waals surface area contributed by atoms with Crippen molar-refractivity contribution in [2.75, 3.05) is 12.8 Å². The van der Waals surface area contributed by atoms with Crippen molar-refractivity contribution >= 4 is 5.69 Å². The molecule has 5 nitrogen and oxygen atoms in total. The van der Waals surface area contributed by atoms with Crippen LogP contribution in [0.15, 0.2) is 29.0 Å². The van der Waals surface area contributed by atoms with Crippen LogP contribution in [0.25, 0.3) is 11.5 Å². The second-order valence-electron chi connectivity index (χ2n) is 2.71. The number of nitrogens with two attached hydrogens (primary N) is 1. The Morgan fingerprint density at radius 2 is 2.29 bits per heavy atom. The molecule has 0 aliphatic rings. The monoisotopic (exact) mass is 191 g/mol. The summed E-state index contributed by atoms with van der Waals surface area (Å²) >= 11 is 0. The molecule has 0 fully saturated rings. The summed E-state index contributed by atoms with van der Waals surface area (Å²) in [4.78, 5) is 3.93. The van der Waals surface area contributed by atoms with E-state index in [9.17, 15) is 0 Å². The van der Waals surface area contributed by atoms with E-state index in [2.05, 4.69) is 10.1 Å². The minimum atomic E-state index is 0.418. The largest absolute Gasteiger partial charge is 0.496 e. The van der Waals surface area contributed by atoms with Gasteiger partial charge >= 0.3 is 0 Å². The fourth-order valence-corrected chi connectivity index (χ4v) is 1.18. The van der Waals surface area contributed by atoms with Gasteiger partial charge in [0.25, 0.3) is 5.89 Å². The molecule has 1 aromatic carbocycles. The van der Waals surface area contributed by atoms with Crippen molar-refractivity contribution in [2.45, 2.75) is 0 Å². The number of rotatable bonds is 2. The second kappa shape index (κ2) is 3.37. The quantitative estimate of drug-likeness (QED) is 0.725. The van der Waals surface area contributed by atoms with Crippen molar-refractivity contribution in [3.8, 4) is 17.2 Å². The fraction of sp³-hybridized carbons (Fsp3) is 0.111. The SMILES string of the molecule is COc1cc(N)ccc1-c1ncno1. The molecule has 0 bridgehead atoms. The lowest BCUT2D eigenvalue weighted by Gasteiger charge is -2.04. The second-order valence-corrected chi connectivity index (χ2v) is 2.71. The predicted octanol–water partition coefficient (Wildman–Crippen LogP) is 1.33. The first-order chi connectivity index (χ1) is 6.81. The number of methoxy groups -OCH3 is 1. The van der Waals surface area contributed by atoms with Crippen molar-refractivity contribution in [3.63, 3.8) is 0 Å². The first kappa shape index (κ1) is 8.55. The Morgan fingerprint density at radius 3 is 2.93 bits per heavy atom. The predicted molar refractivity (Wildman–Crippen MR) is 50.7 cm³/mol. The molecule has 2 N–H and O–H groups in total. The van der Waals surface area contributed by atoms with Gasteiger partial charge in [-0.2, -0.15) is 4.98 Å². The Hall–Kier alpha value is -2.04. The average molecular weight is 191 g/mol. The highest BCUT2D eigenvalue weighted by Gasteiger charge is 2.10. The minimum absolute atomic E-state index is 0.418. The number of benzene rings is 1. The van der Waals surface area contributed by atoms with Crippen LogP contribution in [0.1, 0.15) is 0 Å². The van der Waals surface area contributed by atoms with Crippen LogP contribution in [-0.4, -0.2) is 17.3 Å². The van der Waals surface area contributed by atoms with Gasteiger partial charge in [-0.1, -0.05) is 5.16 Å². The molecule has 72 valence electrons. The molecule has 0 radical (unpaired) electrons. The standard InChI is InChI=1S/C9H9N3O2/c1-13-8-4-6(10)2-3-7(8)9-11-5-12-14-9/h2-5H,10H2,1H3. The first-order valence-electron chi connectivity index (χ1n) is 4.02. The van der Waals surface area contributed by atoms with Gasteiger partial charge in [0.2, 0.25) is 0 Å². The maximum Gasteiger partial charge on any atom is 0.261 e. The highest BCUT2D eigenvalue weighted by Crippen LogP contribution is 2.29. The maximum atomic E-state index is 5.61. The Kier molecular flexibility index (Phi) is 2.06. The van der Waals surface area contributed by atoms with E-state index in [4.69, 9.17) is 15.0 Å². The molecule has 0 atom stereocenters. The number of ether oxygens (including phenoxy) is 1. The van der Waals surface area contributed by atoms with E-state index in [0.29, 0.717) is 17.3 Å². The van der Waals surface area contributed by atoms with Crippen molar-refractivity contribution in [1.82, 2.24) is 10.1 Å².